The lowest BCUT2D eigenvalue weighted by Gasteiger charge is -2.23. The van der Waals surface area contributed by atoms with Gasteiger partial charge in [0.25, 0.3) is 0 Å². The molecule has 0 spiro atoms. The van der Waals surface area contributed by atoms with E-state index >= 15 is 0 Å². The third-order valence-corrected chi connectivity index (χ3v) is 5.52. The summed E-state index contributed by atoms with van der Waals surface area (Å²) in [7, 11) is -3.28. The van der Waals surface area contributed by atoms with Gasteiger partial charge in [0.1, 0.15) is 11.9 Å². The highest BCUT2D eigenvalue weighted by atomic mass is 79.9. The zero-order valence-corrected chi connectivity index (χ0v) is 13.1. The van der Waals surface area contributed by atoms with Crippen LogP contribution in [0.4, 0.5) is 11.4 Å². The number of anilines is 1. The van der Waals surface area contributed by atoms with Gasteiger partial charge in [0, 0.05) is 19.0 Å². The summed E-state index contributed by atoms with van der Waals surface area (Å²) < 4.78 is 22.5. The molecule has 0 saturated carbocycles. The zero-order valence-electron chi connectivity index (χ0n) is 10.7. The Morgan fingerprint density at radius 2 is 2.05 bits per heavy atom. The van der Waals surface area contributed by atoms with Crippen LogP contribution in [0.5, 0.6) is 0 Å². The van der Waals surface area contributed by atoms with Crippen LogP contribution in [0.1, 0.15) is 13.8 Å². The Balaban J connectivity index is 3.05. The van der Waals surface area contributed by atoms with Gasteiger partial charge in [-0.05, 0) is 29.8 Å². The van der Waals surface area contributed by atoms with E-state index in [0.717, 1.165) is 12.5 Å². The van der Waals surface area contributed by atoms with Gasteiger partial charge in [0.15, 0.2) is 9.84 Å². The quantitative estimate of drug-likeness (QED) is 0.642. The van der Waals surface area contributed by atoms with Crippen molar-refractivity contribution in [3.8, 4) is 0 Å². The molecule has 1 heterocycles. The number of nitrogens with one attached hydrogen (secondary N) is 1. The van der Waals surface area contributed by atoms with E-state index in [1.54, 1.807) is 13.8 Å². The Hall–Kier alpha value is -1.22. The van der Waals surface area contributed by atoms with Crippen molar-refractivity contribution in [2.75, 3.05) is 18.1 Å². The lowest BCUT2D eigenvalue weighted by atomic mass is 10.2. The number of rotatable bonds is 5. The van der Waals surface area contributed by atoms with Crippen molar-refractivity contribution in [1.82, 2.24) is 4.98 Å². The lowest BCUT2D eigenvalue weighted by Crippen LogP contribution is -2.38. The number of sulfone groups is 1. The Morgan fingerprint density at radius 1 is 1.47 bits per heavy atom. The topological polar surface area (TPSA) is 102 Å². The van der Waals surface area contributed by atoms with Crippen LogP contribution in [0.3, 0.4) is 0 Å². The molecule has 0 aliphatic carbocycles. The molecule has 9 heteroatoms. The molecule has 0 amide bonds. The average molecular weight is 352 g/mol. The van der Waals surface area contributed by atoms with Crippen molar-refractivity contribution in [2.45, 2.75) is 18.6 Å². The van der Waals surface area contributed by atoms with E-state index in [4.69, 9.17) is 0 Å². The Bertz CT molecular complexity index is 601. The largest absolute Gasteiger partial charge is 0.377 e. The van der Waals surface area contributed by atoms with Crippen LogP contribution in [0, 0.1) is 10.1 Å². The minimum Gasteiger partial charge on any atom is -0.377 e. The third-order valence-electron chi connectivity index (χ3n) is 2.77. The number of aromatic nitrogens is 1. The molecular weight excluding hydrogens is 338 g/mol. The molecule has 1 N–H and O–H groups in total. The predicted octanol–water partition coefficient (Wildman–Crippen LogP) is 1.99. The predicted molar refractivity (Wildman–Crippen MR) is 76.0 cm³/mol. The molecule has 19 heavy (non-hydrogen) atoms. The number of nitrogens with zero attached hydrogens (tertiary/aromatic N) is 2. The maximum Gasteiger partial charge on any atom is 0.311 e. The van der Waals surface area contributed by atoms with E-state index in [0.29, 0.717) is 4.47 Å². The molecule has 1 rings (SSSR count). The van der Waals surface area contributed by atoms with E-state index in [9.17, 15) is 18.5 Å². The number of pyridine rings is 1. The molecule has 0 aliphatic heterocycles. The second-order valence-electron chi connectivity index (χ2n) is 4.66. The summed E-state index contributed by atoms with van der Waals surface area (Å²) in [4.78, 5) is 14.0. The number of nitro groups is 1. The van der Waals surface area contributed by atoms with E-state index in [1.165, 1.54) is 6.20 Å². The van der Waals surface area contributed by atoms with Crippen LogP contribution in [0.2, 0.25) is 0 Å². The summed E-state index contributed by atoms with van der Waals surface area (Å²) in [6.07, 6.45) is 3.65. The van der Waals surface area contributed by atoms with Crippen molar-refractivity contribution >= 4 is 37.1 Å². The summed E-state index contributed by atoms with van der Waals surface area (Å²) in [5, 5.41) is 13.7. The monoisotopic (exact) mass is 351 g/mol. The van der Waals surface area contributed by atoms with Crippen molar-refractivity contribution in [3.63, 3.8) is 0 Å². The molecule has 0 aliphatic rings. The fourth-order valence-corrected chi connectivity index (χ4v) is 1.97. The molecule has 7 nitrogen and oxygen atoms in total. The summed E-state index contributed by atoms with van der Waals surface area (Å²) in [6, 6.07) is 0. The molecule has 106 valence electrons. The highest BCUT2D eigenvalue weighted by molar-refractivity contribution is 9.10. The Morgan fingerprint density at radius 3 is 2.53 bits per heavy atom. The van der Waals surface area contributed by atoms with Crippen molar-refractivity contribution in [3.05, 3.63) is 27.0 Å². The minimum absolute atomic E-state index is 0.0509. The normalized spacial score (nSPS) is 12.2. The summed E-state index contributed by atoms with van der Waals surface area (Å²) in [6.45, 7) is 3.15. The van der Waals surface area contributed by atoms with Crippen LogP contribution in [0.25, 0.3) is 0 Å². The van der Waals surface area contributed by atoms with Gasteiger partial charge >= 0.3 is 5.69 Å². The van der Waals surface area contributed by atoms with Crippen LogP contribution in [-0.2, 0) is 9.84 Å². The molecular formula is C10H14BrN3O4S. The number of hydrogen-bond acceptors (Lipinski definition) is 6. The maximum absolute atomic E-state index is 11.6. The van der Waals surface area contributed by atoms with Crippen molar-refractivity contribution in [2.24, 2.45) is 0 Å². The molecule has 1 aromatic heterocycles. The molecule has 0 bridgehead atoms. The van der Waals surface area contributed by atoms with E-state index in [-0.39, 0.29) is 17.9 Å². The van der Waals surface area contributed by atoms with Crippen molar-refractivity contribution < 1.29 is 13.3 Å². The van der Waals surface area contributed by atoms with E-state index < -0.39 is 19.5 Å². The van der Waals surface area contributed by atoms with E-state index in [1.807, 2.05) is 0 Å². The van der Waals surface area contributed by atoms with Gasteiger partial charge in [-0.1, -0.05) is 0 Å². The van der Waals surface area contributed by atoms with Gasteiger partial charge in [-0.25, -0.2) is 8.42 Å². The first-order valence-corrected chi connectivity index (χ1v) is 7.96. The second kappa shape index (κ2) is 5.41. The fraction of sp³-hybridized carbons (Fsp3) is 0.500. The first-order valence-electron chi connectivity index (χ1n) is 5.27. The van der Waals surface area contributed by atoms with Crippen LogP contribution in [-0.4, -0.2) is 35.9 Å². The molecule has 0 radical (unpaired) electrons. The highest BCUT2D eigenvalue weighted by Crippen LogP contribution is 2.31. The third kappa shape index (κ3) is 3.63. The van der Waals surface area contributed by atoms with Gasteiger partial charge in [0.05, 0.1) is 14.1 Å². The van der Waals surface area contributed by atoms with Gasteiger partial charge < -0.3 is 5.32 Å². The first-order chi connectivity index (χ1) is 8.56. The standard InChI is InChI=1S/C10H14BrN3O4S/c1-10(2,19(3,17)18)6-13-9-7(11)4-12-5-8(9)14(15)16/h4-5H,6H2,1-3H3,(H,12,13). The average Bonchev–Trinajstić information content (AvgIpc) is 2.25. The molecule has 0 aromatic carbocycles. The molecule has 0 unspecified atom stereocenters. The Kier molecular flexibility index (Phi) is 4.51. The van der Waals surface area contributed by atoms with Crippen LogP contribution in [0.15, 0.2) is 16.9 Å². The SMILES string of the molecule is CC(C)(CNc1c(Br)cncc1[N+](=O)[O-])S(C)(=O)=O. The maximum atomic E-state index is 11.6. The van der Waals surface area contributed by atoms with Crippen LogP contribution < -0.4 is 5.32 Å². The Labute approximate surface area is 119 Å². The molecule has 1 aromatic rings. The van der Waals surface area contributed by atoms with Crippen molar-refractivity contribution in [1.29, 1.82) is 0 Å². The second-order valence-corrected chi connectivity index (χ2v) is 8.16. The van der Waals surface area contributed by atoms with Gasteiger partial charge in [-0.2, -0.15) is 0 Å². The number of halogens is 1. The lowest BCUT2D eigenvalue weighted by molar-refractivity contribution is -0.384. The summed E-state index contributed by atoms with van der Waals surface area (Å²) in [5.41, 5.74) is 0.00963. The number of hydrogen-bond donors (Lipinski definition) is 1. The fourth-order valence-electron chi connectivity index (χ4n) is 1.17. The van der Waals surface area contributed by atoms with Gasteiger partial charge in [-0.15, -0.1) is 0 Å². The van der Waals surface area contributed by atoms with Gasteiger partial charge in [0.2, 0.25) is 0 Å². The minimum atomic E-state index is -3.28. The molecule has 0 fully saturated rings. The smallest absolute Gasteiger partial charge is 0.311 e. The summed E-state index contributed by atoms with van der Waals surface area (Å²) in [5.74, 6) is 0. The summed E-state index contributed by atoms with van der Waals surface area (Å²) >= 11 is 3.15. The highest BCUT2D eigenvalue weighted by Gasteiger charge is 2.31. The first kappa shape index (κ1) is 15.8. The van der Waals surface area contributed by atoms with Crippen LogP contribution >= 0.6 is 15.9 Å². The van der Waals surface area contributed by atoms with Gasteiger partial charge in [-0.3, -0.25) is 15.1 Å². The molecule has 0 atom stereocenters. The molecule has 0 saturated heterocycles. The zero-order chi connectivity index (χ0) is 14.8. The van der Waals surface area contributed by atoms with E-state index in [2.05, 4.69) is 26.2 Å².